The molecule has 25 heavy (non-hydrogen) atoms. The molecule has 0 radical (unpaired) electrons. The summed E-state index contributed by atoms with van der Waals surface area (Å²) in [6, 6.07) is 9.58. The van der Waals surface area contributed by atoms with Gasteiger partial charge in [-0.2, -0.15) is 0 Å². The van der Waals surface area contributed by atoms with E-state index >= 15 is 0 Å². The van der Waals surface area contributed by atoms with Crippen molar-refractivity contribution in [1.29, 1.82) is 0 Å². The minimum Gasteiger partial charge on any atom is -0.333 e. The molecule has 126 valence electrons. The summed E-state index contributed by atoms with van der Waals surface area (Å²) >= 11 is 0. The van der Waals surface area contributed by atoms with Gasteiger partial charge in [-0.1, -0.05) is 12.1 Å². The lowest BCUT2D eigenvalue weighted by Crippen LogP contribution is -2.41. The second kappa shape index (κ2) is 6.43. The summed E-state index contributed by atoms with van der Waals surface area (Å²) in [4.78, 5) is 22.9. The first kappa shape index (κ1) is 15.4. The highest BCUT2D eigenvalue weighted by Gasteiger charge is 2.29. The molecule has 0 saturated heterocycles. The predicted molar refractivity (Wildman–Crippen MR) is 91.3 cm³/mol. The number of nitrogens with zero attached hydrogens (tertiary/aromatic N) is 6. The van der Waals surface area contributed by atoms with Crippen molar-refractivity contribution in [1.82, 2.24) is 29.6 Å². The minimum absolute atomic E-state index is 0.0773. The Kier molecular flexibility index (Phi) is 3.97. The highest BCUT2D eigenvalue weighted by Crippen LogP contribution is 2.26. The number of hydrogen-bond acceptors (Lipinski definition) is 5. The molecule has 3 aromatic rings. The fourth-order valence-corrected chi connectivity index (χ4v) is 3.18. The average molecular weight is 334 g/mol. The Balaban J connectivity index is 1.56. The number of carbonyl (C=O) groups is 1. The van der Waals surface area contributed by atoms with Crippen molar-refractivity contribution in [2.75, 3.05) is 6.54 Å². The van der Waals surface area contributed by atoms with Gasteiger partial charge in [-0.3, -0.25) is 14.8 Å². The van der Waals surface area contributed by atoms with Crippen molar-refractivity contribution in [2.45, 2.75) is 25.9 Å². The molecule has 7 heteroatoms. The zero-order valence-electron chi connectivity index (χ0n) is 13.9. The van der Waals surface area contributed by atoms with Crippen LogP contribution in [0.25, 0.3) is 11.5 Å². The Bertz CT molecular complexity index is 877. The largest absolute Gasteiger partial charge is 0.333 e. The average Bonchev–Trinajstić information content (AvgIpc) is 3.08. The van der Waals surface area contributed by atoms with Crippen LogP contribution in [0, 0.1) is 0 Å². The van der Waals surface area contributed by atoms with Crippen LogP contribution in [0.5, 0.6) is 0 Å². The van der Waals surface area contributed by atoms with Crippen molar-refractivity contribution < 1.29 is 4.79 Å². The predicted octanol–water partition coefficient (Wildman–Crippen LogP) is 1.88. The summed E-state index contributed by atoms with van der Waals surface area (Å²) in [5.41, 5.74) is 1.71. The van der Waals surface area contributed by atoms with Crippen LogP contribution in [0.2, 0.25) is 0 Å². The molecule has 0 aliphatic carbocycles. The van der Waals surface area contributed by atoms with Gasteiger partial charge in [-0.15, -0.1) is 10.2 Å². The van der Waals surface area contributed by atoms with E-state index in [0.717, 1.165) is 22.9 Å². The Morgan fingerprint density at radius 1 is 1.20 bits per heavy atom. The van der Waals surface area contributed by atoms with Crippen LogP contribution in [0.15, 0.2) is 48.9 Å². The monoisotopic (exact) mass is 334 g/mol. The molecule has 0 N–H and O–H groups in total. The van der Waals surface area contributed by atoms with Crippen molar-refractivity contribution in [3.8, 4) is 11.5 Å². The molecule has 3 aromatic heterocycles. The summed E-state index contributed by atoms with van der Waals surface area (Å²) in [5.74, 6) is 1.62. The smallest absolute Gasteiger partial charge is 0.227 e. The van der Waals surface area contributed by atoms with E-state index in [9.17, 15) is 4.79 Å². The van der Waals surface area contributed by atoms with Gasteiger partial charge in [-0.25, -0.2) is 0 Å². The summed E-state index contributed by atoms with van der Waals surface area (Å²) < 4.78 is 2.08. The van der Waals surface area contributed by atoms with Crippen LogP contribution in [0.4, 0.5) is 0 Å². The molecule has 0 unspecified atom stereocenters. The molecule has 0 spiro atoms. The molecular weight excluding hydrogens is 316 g/mol. The van der Waals surface area contributed by atoms with E-state index in [2.05, 4.69) is 31.7 Å². The third-order valence-electron chi connectivity index (χ3n) is 4.35. The second-order valence-electron chi connectivity index (χ2n) is 6.19. The van der Waals surface area contributed by atoms with Crippen molar-refractivity contribution >= 4 is 5.91 Å². The van der Waals surface area contributed by atoms with Crippen LogP contribution in [0.3, 0.4) is 0 Å². The number of carbonyl (C=O) groups excluding carboxylic acids is 1. The molecule has 0 bridgehead atoms. The standard InChI is InChI=1S/C18H18N6O/c1-13-11-23(17(25)9-14-5-4-7-19-10-14)12-16-21-22-18(24(13)16)15-6-2-3-8-20-15/h2-8,10,13H,9,11-12H2,1H3/t13-/m0/s1. The molecule has 4 rings (SSSR count). The van der Waals surface area contributed by atoms with Crippen molar-refractivity contribution in [3.63, 3.8) is 0 Å². The molecule has 0 saturated carbocycles. The molecule has 1 amide bonds. The topological polar surface area (TPSA) is 76.8 Å². The van der Waals surface area contributed by atoms with Crippen LogP contribution in [0.1, 0.15) is 24.4 Å². The number of aromatic nitrogens is 5. The first-order valence-corrected chi connectivity index (χ1v) is 8.24. The van der Waals surface area contributed by atoms with Crippen LogP contribution in [-0.4, -0.2) is 42.1 Å². The molecule has 4 heterocycles. The van der Waals surface area contributed by atoms with E-state index < -0.39 is 0 Å². The van der Waals surface area contributed by atoms with Gasteiger partial charge in [0.05, 0.1) is 19.0 Å². The molecule has 0 fully saturated rings. The van der Waals surface area contributed by atoms with Gasteiger partial charge in [0.15, 0.2) is 11.6 Å². The molecule has 1 aliphatic heterocycles. The van der Waals surface area contributed by atoms with Gasteiger partial charge in [0, 0.05) is 25.1 Å². The Morgan fingerprint density at radius 3 is 2.88 bits per heavy atom. The van der Waals surface area contributed by atoms with Crippen molar-refractivity contribution in [2.24, 2.45) is 0 Å². The maximum Gasteiger partial charge on any atom is 0.227 e. The van der Waals surface area contributed by atoms with E-state index in [1.165, 1.54) is 0 Å². The van der Waals surface area contributed by atoms with Gasteiger partial charge >= 0.3 is 0 Å². The van der Waals surface area contributed by atoms with Crippen molar-refractivity contribution in [3.05, 3.63) is 60.3 Å². The first-order valence-electron chi connectivity index (χ1n) is 8.24. The fraction of sp³-hybridized carbons (Fsp3) is 0.278. The van der Waals surface area contributed by atoms with Gasteiger partial charge in [0.1, 0.15) is 5.69 Å². The van der Waals surface area contributed by atoms with Gasteiger partial charge < -0.3 is 9.47 Å². The van der Waals surface area contributed by atoms with E-state index in [-0.39, 0.29) is 11.9 Å². The Morgan fingerprint density at radius 2 is 2.12 bits per heavy atom. The van der Waals surface area contributed by atoms with Gasteiger partial charge in [0.2, 0.25) is 5.91 Å². The minimum atomic E-state index is 0.0773. The summed E-state index contributed by atoms with van der Waals surface area (Å²) in [7, 11) is 0. The van der Waals surface area contributed by atoms with E-state index in [1.54, 1.807) is 18.6 Å². The second-order valence-corrected chi connectivity index (χ2v) is 6.19. The zero-order chi connectivity index (χ0) is 17.2. The van der Waals surface area contributed by atoms with Gasteiger partial charge in [-0.05, 0) is 30.7 Å². The third kappa shape index (κ3) is 3.00. The maximum atomic E-state index is 12.6. The van der Waals surface area contributed by atoms with Crippen LogP contribution >= 0.6 is 0 Å². The lowest BCUT2D eigenvalue weighted by atomic mass is 10.1. The Hall–Kier alpha value is -3.09. The van der Waals surface area contributed by atoms with Gasteiger partial charge in [0.25, 0.3) is 0 Å². The summed E-state index contributed by atoms with van der Waals surface area (Å²) in [6.07, 6.45) is 5.53. The van der Waals surface area contributed by atoms with Crippen LogP contribution in [-0.2, 0) is 17.8 Å². The number of fused-ring (bicyclic) bond motifs is 1. The summed E-state index contributed by atoms with van der Waals surface area (Å²) in [5, 5.41) is 8.59. The number of amides is 1. The highest BCUT2D eigenvalue weighted by atomic mass is 16.2. The zero-order valence-corrected chi connectivity index (χ0v) is 13.9. The molecule has 0 aromatic carbocycles. The fourth-order valence-electron chi connectivity index (χ4n) is 3.18. The highest BCUT2D eigenvalue weighted by molar-refractivity contribution is 5.78. The molecule has 1 aliphatic rings. The Labute approximate surface area is 145 Å². The SMILES string of the molecule is C[C@H]1CN(C(=O)Cc2cccnc2)Cc2nnc(-c3ccccn3)n21. The molecule has 7 nitrogen and oxygen atoms in total. The first-order chi connectivity index (χ1) is 12.2. The third-order valence-corrected chi connectivity index (χ3v) is 4.35. The number of rotatable bonds is 3. The lowest BCUT2D eigenvalue weighted by Gasteiger charge is -2.32. The number of hydrogen-bond donors (Lipinski definition) is 0. The number of pyridine rings is 2. The molecular formula is C18H18N6O. The quantitative estimate of drug-likeness (QED) is 0.731. The lowest BCUT2D eigenvalue weighted by molar-refractivity contribution is -0.132. The maximum absolute atomic E-state index is 12.6. The molecule has 1 atom stereocenters. The summed E-state index contributed by atoms with van der Waals surface area (Å²) in [6.45, 7) is 3.16. The van der Waals surface area contributed by atoms with E-state index in [0.29, 0.717) is 19.5 Å². The van der Waals surface area contributed by atoms with E-state index in [1.807, 2.05) is 35.2 Å². The normalized spacial score (nSPS) is 16.5. The van der Waals surface area contributed by atoms with E-state index in [4.69, 9.17) is 0 Å². The van der Waals surface area contributed by atoms with Crippen LogP contribution < -0.4 is 0 Å².